The van der Waals surface area contributed by atoms with Gasteiger partial charge in [0.05, 0.1) is 6.61 Å². The van der Waals surface area contributed by atoms with Crippen molar-refractivity contribution in [1.29, 1.82) is 0 Å². The minimum absolute atomic E-state index is 0.168. The van der Waals surface area contributed by atoms with Gasteiger partial charge in [-0.1, -0.05) is 18.5 Å². The number of hydrogen-bond donors (Lipinski definition) is 2. The van der Waals surface area contributed by atoms with Crippen LogP contribution in [0, 0.1) is 0 Å². The van der Waals surface area contributed by atoms with Gasteiger partial charge in [0.15, 0.2) is 0 Å². The molecule has 1 aromatic rings. The first-order valence-electron chi connectivity index (χ1n) is 5.73. The van der Waals surface area contributed by atoms with Gasteiger partial charge in [-0.25, -0.2) is 0 Å². The van der Waals surface area contributed by atoms with Crippen molar-refractivity contribution in [1.82, 2.24) is 0 Å². The Bertz CT molecular complexity index is 331. The zero-order chi connectivity index (χ0) is 12.0. The van der Waals surface area contributed by atoms with Crippen molar-refractivity contribution in [3.63, 3.8) is 0 Å². The van der Waals surface area contributed by atoms with Crippen molar-refractivity contribution < 1.29 is 9.84 Å². The van der Waals surface area contributed by atoms with Crippen LogP contribution < -0.4 is 15.9 Å². The highest BCUT2D eigenvalue weighted by Crippen LogP contribution is 2.16. The van der Waals surface area contributed by atoms with E-state index in [1.807, 2.05) is 12.1 Å². The second-order valence-corrected chi connectivity index (χ2v) is 4.08. The van der Waals surface area contributed by atoms with E-state index in [0.717, 1.165) is 5.75 Å². The molecule has 0 amide bonds. The van der Waals surface area contributed by atoms with Crippen LogP contribution in [0.25, 0.3) is 0 Å². The summed E-state index contributed by atoms with van der Waals surface area (Å²) in [6.45, 7) is 3.50. The highest BCUT2D eigenvalue weighted by molar-refractivity contribution is 6.33. The number of benzene rings is 1. The summed E-state index contributed by atoms with van der Waals surface area (Å²) < 4.78 is 5.50. The van der Waals surface area contributed by atoms with Crippen molar-refractivity contribution in [2.45, 2.75) is 19.3 Å². The van der Waals surface area contributed by atoms with Crippen LogP contribution in [-0.2, 0) is 0 Å². The standard InChI is InChI=1S/C12H20BNO2/c1-9(8-14)11-4-3-10(7-12(11)13)16-6-2-5-15/h3-4,7,9,15H,2,5-6,8,13-14H2,1H3. The van der Waals surface area contributed by atoms with Crippen molar-refractivity contribution in [2.75, 3.05) is 19.8 Å². The Balaban J connectivity index is 2.67. The lowest BCUT2D eigenvalue weighted by Gasteiger charge is -2.14. The molecule has 1 atom stereocenters. The Labute approximate surface area is 98.0 Å². The lowest BCUT2D eigenvalue weighted by molar-refractivity contribution is 0.233. The molecule has 16 heavy (non-hydrogen) atoms. The molecule has 0 bridgehead atoms. The number of nitrogens with two attached hydrogens (primary N) is 1. The van der Waals surface area contributed by atoms with Crippen LogP contribution in [0.5, 0.6) is 5.75 Å². The smallest absolute Gasteiger partial charge is 0.139 e. The van der Waals surface area contributed by atoms with Crippen molar-refractivity contribution in [3.05, 3.63) is 23.8 Å². The first-order valence-corrected chi connectivity index (χ1v) is 5.73. The SMILES string of the molecule is Bc1cc(OCCCO)ccc1C(C)CN. The van der Waals surface area contributed by atoms with Crippen LogP contribution in [0.2, 0.25) is 0 Å². The topological polar surface area (TPSA) is 55.5 Å². The van der Waals surface area contributed by atoms with Crippen LogP contribution in [0.4, 0.5) is 0 Å². The first-order chi connectivity index (χ1) is 7.69. The molecule has 88 valence electrons. The van der Waals surface area contributed by atoms with Gasteiger partial charge in [0, 0.05) is 13.0 Å². The molecule has 1 rings (SSSR count). The highest BCUT2D eigenvalue weighted by atomic mass is 16.5. The van der Waals surface area contributed by atoms with Crippen molar-refractivity contribution >= 4 is 13.3 Å². The van der Waals surface area contributed by atoms with Crippen LogP contribution in [-0.4, -0.2) is 32.7 Å². The summed E-state index contributed by atoms with van der Waals surface area (Å²) in [6, 6.07) is 6.06. The fourth-order valence-corrected chi connectivity index (χ4v) is 1.67. The van der Waals surface area contributed by atoms with Gasteiger partial charge >= 0.3 is 0 Å². The first kappa shape index (κ1) is 13.1. The monoisotopic (exact) mass is 221 g/mol. The number of aliphatic hydroxyl groups excluding tert-OH is 1. The van der Waals surface area contributed by atoms with E-state index in [-0.39, 0.29) is 6.61 Å². The molecular formula is C12H20BNO2. The molecule has 0 aromatic heterocycles. The van der Waals surface area contributed by atoms with Gasteiger partial charge in [-0.3, -0.25) is 0 Å². The van der Waals surface area contributed by atoms with E-state index >= 15 is 0 Å². The second-order valence-electron chi connectivity index (χ2n) is 4.08. The van der Waals surface area contributed by atoms with Crippen LogP contribution in [0.15, 0.2) is 18.2 Å². The second kappa shape index (κ2) is 6.56. The van der Waals surface area contributed by atoms with Crippen molar-refractivity contribution in [3.8, 4) is 5.75 Å². The largest absolute Gasteiger partial charge is 0.494 e. The Morgan fingerprint density at radius 1 is 1.50 bits per heavy atom. The summed E-state index contributed by atoms with van der Waals surface area (Å²) in [5, 5.41) is 8.65. The van der Waals surface area contributed by atoms with Gasteiger partial charge in [-0.2, -0.15) is 0 Å². The van der Waals surface area contributed by atoms with E-state index in [1.165, 1.54) is 11.0 Å². The molecular weight excluding hydrogens is 201 g/mol. The van der Waals surface area contributed by atoms with Crippen LogP contribution in [0.1, 0.15) is 24.8 Å². The van der Waals surface area contributed by atoms with Gasteiger partial charge < -0.3 is 15.6 Å². The van der Waals surface area contributed by atoms with Gasteiger partial charge in [-0.05, 0) is 30.2 Å². The summed E-state index contributed by atoms with van der Waals surface area (Å²) in [5.41, 5.74) is 8.13. The maximum Gasteiger partial charge on any atom is 0.139 e. The van der Waals surface area contributed by atoms with Crippen LogP contribution in [0.3, 0.4) is 0 Å². The van der Waals surface area contributed by atoms with E-state index in [1.54, 1.807) is 0 Å². The molecule has 0 radical (unpaired) electrons. The molecule has 0 aliphatic rings. The molecule has 1 aromatic carbocycles. The molecule has 3 N–H and O–H groups in total. The predicted octanol–water partition coefficient (Wildman–Crippen LogP) is -0.232. The molecule has 0 fully saturated rings. The fraction of sp³-hybridized carbons (Fsp3) is 0.500. The number of aliphatic hydroxyl groups is 1. The van der Waals surface area contributed by atoms with Crippen LogP contribution >= 0.6 is 0 Å². The summed E-state index contributed by atoms with van der Waals surface area (Å²) in [7, 11) is 2.07. The maximum atomic E-state index is 8.65. The number of ether oxygens (including phenoxy) is 1. The molecule has 0 saturated carbocycles. The molecule has 0 spiro atoms. The van der Waals surface area contributed by atoms with Gasteiger partial charge in [0.2, 0.25) is 0 Å². The molecule has 0 aliphatic carbocycles. The molecule has 0 saturated heterocycles. The molecule has 0 heterocycles. The lowest BCUT2D eigenvalue weighted by Crippen LogP contribution is -2.18. The molecule has 1 unspecified atom stereocenters. The van der Waals surface area contributed by atoms with Gasteiger partial charge in [0.25, 0.3) is 0 Å². The maximum absolute atomic E-state index is 8.65. The summed E-state index contributed by atoms with van der Waals surface area (Å²) >= 11 is 0. The van der Waals surface area contributed by atoms with E-state index in [4.69, 9.17) is 15.6 Å². The molecule has 0 aliphatic heterocycles. The third-order valence-corrected chi connectivity index (χ3v) is 2.70. The molecule has 4 heteroatoms. The highest BCUT2D eigenvalue weighted by Gasteiger charge is 2.07. The van der Waals surface area contributed by atoms with Crippen molar-refractivity contribution in [2.24, 2.45) is 5.73 Å². The van der Waals surface area contributed by atoms with E-state index in [9.17, 15) is 0 Å². The third-order valence-electron chi connectivity index (χ3n) is 2.70. The third kappa shape index (κ3) is 3.54. The van der Waals surface area contributed by atoms with Gasteiger partial charge in [-0.15, -0.1) is 0 Å². The average molecular weight is 221 g/mol. The van der Waals surface area contributed by atoms with E-state index in [0.29, 0.717) is 25.5 Å². The van der Waals surface area contributed by atoms with E-state index in [2.05, 4.69) is 20.8 Å². The Hall–Kier alpha value is -0.995. The zero-order valence-electron chi connectivity index (χ0n) is 10.1. The average Bonchev–Trinajstić information content (AvgIpc) is 2.29. The Morgan fingerprint density at radius 3 is 2.81 bits per heavy atom. The van der Waals surface area contributed by atoms with Gasteiger partial charge in [0.1, 0.15) is 13.6 Å². The summed E-state index contributed by atoms with van der Waals surface area (Å²) in [4.78, 5) is 0. The normalized spacial score (nSPS) is 12.4. The minimum Gasteiger partial charge on any atom is -0.494 e. The number of rotatable bonds is 6. The lowest BCUT2D eigenvalue weighted by atomic mass is 9.85. The van der Waals surface area contributed by atoms with E-state index < -0.39 is 0 Å². The molecule has 3 nitrogen and oxygen atoms in total. The summed E-state index contributed by atoms with van der Waals surface area (Å²) in [6.07, 6.45) is 0.667. The number of hydrogen-bond acceptors (Lipinski definition) is 3. The Morgan fingerprint density at radius 2 is 2.25 bits per heavy atom. The minimum atomic E-state index is 0.168. The quantitative estimate of drug-likeness (QED) is 0.515. The Kier molecular flexibility index (Phi) is 5.36. The summed E-state index contributed by atoms with van der Waals surface area (Å²) in [5.74, 6) is 1.24. The fourth-order valence-electron chi connectivity index (χ4n) is 1.67. The predicted molar refractivity (Wildman–Crippen MR) is 69.3 cm³/mol. The zero-order valence-corrected chi connectivity index (χ0v) is 10.1.